The summed E-state index contributed by atoms with van der Waals surface area (Å²) in [6, 6.07) is 7.02. The van der Waals surface area contributed by atoms with E-state index in [0.29, 0.717) is 6.54 Å². The van der Waals surface area contributed by atoms with E-state index >= 15 is 0 Å². The molecule has 24 heavy (non-hydrogen) atoms. The summed E-state index contributed by atoms with van der Waals surface area (Å²) in [5.41, 5.74) is 1.77. The first kappa shape index (κ1) is 16.6. The van der Waals surface area contributed by atoms with E-state index in [4.69, 9.17) is 4.74 Å². The lowest BCUT2D eigenvalue weighted by atomic mass is 10.3. The number of anilines is 2. The maximum Gasteiger partial charge on any atom is 0.319 e. The van der Waals surface area contributed by atoms with E-state index in [9.17, 15) is 4.79 Å². The second-order valence-corrected chi connectivity index (χ2v) is 6.51. The number of hydrogen-bond acceptors (Lipinski definition) is 5. The molecule has 6 nitrogen and oxygen atoms in total. The highest BCUT2D eigenvalue weighted by Gasteiger charge is 2.15. The summed E-state index contributed by atoms with van der Waals surface area (Å²) in [5, 5.41) is 8.84. The monoisotopic (exact) mass is 346 g/mol. The third kappa shape index (κ3) is 4.38. The molecule has 1 aliphatic heterocycles. The number of aromatic nitrogens is 1. The Morgan fingerprint density at radius 2 is 2.04 bits per heavy atom. The number of nitrogens with one attached hydrogen (secondary N) is 2. The molecule has 0 unspecified atom stereocenters. The van der Waals surface area contributed by atoms with Gasteiger partial charge < -0.3 is 20.3 Å². The van der Waals surface area contributed by atoms with Crippen LogP contribution in [0.4, 0.5) is 15.6 Å². The van der Waals surface area contributed by atoms with Gasteiger partial charge in [-0.25, -0.2) is 9.78 Å². The van der Waals surface area contributed by atoms with Gasteiger partial charge in [0.1, 0.15) is 5.75 Å². The summed E-state index contributed by atoms with van der Waals surface area (Å²) in [6.07, 6.45) is 3.24. The third-order valence-corrected chi connectivity index (χ3v) is 4.88. The van der Waals surface area contributed by atoms with Crippen LogP contribution in [0.25, 0.3) is 0 Å². The standard InChI is InChI=1S/C17H22N4O2S/c1-23-15-6-4-13(5-7-15)19-16(22)18-9-8-14-12-24-17(20-14)21-10-2-3-11-21/h4-7,12H,2-3,8-11H2,1H3,(H2,18,19,22). The van der Waals surface area contributed by atoms with E-state index in [1.54, 1.807) is 30.6 Å². The molecule has 3 rings (SSSR count). The lowest BCUT2D eigenvalue weighted by Gasteiger charge is -2.12. The Morgan fingerprint density at radius 1 is 1.29 bits per heavy atom. The van der Waals surface area contributed by atoms with Gasteiger partial charge in [-0.15, -0.1) is 11.3 Å². The molecule has 1 aliphatic rings. The van der Waals surface area contributed by atoms with Crippen molar-refractivity contribution in [1.29, 1.82) is 0 Å². The van der Waals surface area contributed by atoms with Gasteiger partial charge in [0.15, 0.2) is 5.13 Å². The molecular formula is C17H22N4O2S. The molecule has 2 amide bonds. The number of thiazole rings is 1. The minimum Gasteiger partial charge on any atom is -0.497 e. The maximum atomic E-state index is 11.9. The molecule has 0 atom stereocenters. The van der Waals surface area contributed by atoms with Gasteiger partial charge in [-0.05, 0) is 37.1 Å². The summed E-state index contributed by atoms with van der Waals surface area (Å²) in [4.78, 5) is 18.9. The summed E-state index contributed by atoms with van der Waals surface area (Å²) in [6.45, 7) is 2.77. The topological polar surface area (TPSA) is 66.5 Å². The zero-order valence-electron chi connectivity index (χ0n) is 13.7. The van der Waals surface area contributed by atoms with Crippen molar-refractivity contribution in [2.75, 3.05) is 37.0 Å². The number of nitrogens with zero attached hydrogens (tertiary/aromatic N) is 2. The van der Waals surface area contributed by atoms with Crippen molar-refractivity contribution in [2.45, 2.75) is 19.3 Å². The Kier molecular flexibility index (Phi) is 5.53. The SMILES string of the molecule is COc1ccc(NC(=O)NCCc2csc(N3CCCC3)n2)cc1. The highest BCUT2D eigenvalue weighted by molar-refractivity contribution is 7.13. The number of hydrogen-bond donors (Lipinski definition) is 2. The van der Waals surface area contributed by atoms with Crippen molar-refractivity contribution in [1.82, 2.24) is 10.3 Å². The van der Waals surface area contributed by atoms with Crippen LogP contribution in [0.2, 0.25) is 0 Å². The summed E-state index contributed by atoms with van der Waals surface area (Å²) < 4.78 is 5.09. The summed E-state index contributed by atoms with van der Waals surface area (Å²) in [5.74, 6) is 0.762. The van der Waals surface area contributed by atoms with Crippen molar-refractivity contribution >= 4 is 28.2 Å². The van der Waals surface area contributed by atoms with Crippen molar-refractivity contribution in [3.05, 3.63) is 35.3 Å². The van der Waals surface area contributed by atoms with Crippen LogP contribution in [-0.2, 0) is 6.42 Å². The van der Waals surface area contributed by atoms with Crippen LogP contribution in [-0.4, -0.2) is 37.8 Å². The van der Waals surface area contributed by atoms with Crippen molar-refractivity contribution < 1.29 is 9.53 Å². The Labute approximate surface area is 145 Å². The number of methoxy groups -OCH3 is 1. The average molecular weight is 346 g/mol. The lowest BCUT2D eigenvalue weighted by Crippen LogP contribution is -2.30. The van der Waals surface area contributed by atoms with Crippen molar-refractivity contribution in [3.8, 4) is 5.75 Å². The molecule has 0 radical (unpaired) electrons. The van der Waals surface area contributed by atoms with E-state index in [-0.39, 0.29) is 6.03 Å². The van der Waals surface area contributed by atoms with Crippen molar-refractivity contribution in [3.63, 3.8) is 0 Å². The fourth-order valence-electron chi connectivity index (χ4n) is 2.62. The zero-order valence-corrected chi connectivity index (χ0v) is 14.6. The maximum absolute atomic E-state index is 11.9. The second-order valence-electron chi connectivity index (χ2n) is 5.67. The van der Waals surface area contributed by atoms with E-state index in [1.807, 2.05) is 12.1 Å². The van der Waals surface area contributed by atoms with E-state index in [0.717, 1.165) is 41.8 Å². The molecule has 1 aromatic carbocycles. The number of urea groups is 1. The van der Waals surface area contributed by atoms with Crippen LogP contribution in [0.3, 0.4) is 0 Å². The van der Waals surface area contributed by atoms with Gasteiger partial charge in [0.05, 0.1) is 12.8 Å². The molecule has 0 bridgehead atoms. The molecule has 0 spiro atoms. The minimum absolute atomic E-state index is 0.213. The second kappa shape index (κ2) is 8.01. The molecule has 1 aromatic heterocycles. The van der Waals surface area contributed by atoms with E-state index < -0.39 is 0 Å². The molecule has 1 fully saturated rings. The lowest BCUT2D eigenvalue weighted by molar-refractivity contribution is 0.252. The minimum atomic E-state index is -0.213. The predicted molar refractivity (Wildman–Crippen MR) is 97.3 cm³/mol. The van der Waals surface area contributed by atoms with Crippen LogP contribution in [0.5, 0.6) is 5.75 Å². The van der Waals surface area contributed by atoms with Gasteiger partial charge in [0.25, 0.3) is 0 Å². The average Bonchev–Trinajstić information content (AvgIpc) is 3.27. The first-order chi connectivity index (χ1) is 11.7. The normalized spacial score (nSPS) is 13.8. The van der Waals surface area contributed by atoms with Gasteiger partial charge in [0.2, 0.25) is 0 Å². The number of benzene rings is 1. The first-order valence-electron chi connectivity index (χ1n) is 8.13. The summed E-state index contributed by atoms with van der Waals surface area (Å²) in [7, 11) is 1.61. The fraction of sp³-hybridized carbons (Fsp3) is 0.412. The van der Waals surface area contributed by atoms with Gasteiger partial charge in [0, 0.05) is 37.1 Å². The number of carbonyl (C=O) groups is 1. The molecule has 0 aliphatic carbocycles. The van der Waals surface area contributed by atoms with Gasteiger partial charge in [-0.3, -0.25) is 0 Å². The van der Waals surface area contributed by atoms with Crippen LogP contribution < -0.4 is 20.3 Å². The number of rotatable bonds is 6. The Balaban J connectivity index is 1.41. The highest BCUT2D eigenvalue weighted by Crippen LogP contribution is 2.24. The molecule has 2 heterocycles. The number of ether oxygens (including phenoxy) is 1. The van der Waals surface area contributed by atoms with E-state index in [2.05, 4.69) is 25.9 Å². The molecule has 1 saturated heterocycles. The van der Waals surface area contributed by atoms with Crippen LogP contribution >= 0.6 is 11.3 Å². The zero-order chi connectivity index (χ0) is 16.8. The summed E-state index contributed by atoms with van der Waals surface area (Å²) >= 11 is 1.69. The van der Waals surface area contributed by atoms with Crippen LogP contribution in [0.1, 0.15) is 18.5 Å². The molecule has 0 saturated carbocycles. The quantitative estimate of drug-likeness (QED) is 0.843. The first-order valence-corrected chi connectivity index (χ1v) is 9.01. The molecule has 2 aromatic rings. The fourth-order valence-corrected chi connectivity index (χ4v) is 3.53. The van der Waals surface area contributed by atoms with Crippen LogP contribution in [0, 0.1) is 0 Å². The van der Waals surface area contributed by atoms with Gasteiger partial charge in [-0.1, -0.05) is 0 Å². The molecular weight excluding hydrogens is 324 g/mol. The molecule has 7 heteroatoms. The Bertz CT molecular complexity index is 665. The van der Waals surface area contributed by atoms with Crippen molar-refractivity contribution in [2.24, 2.45) is 0 Å². The Hall–Kier alpha value is -2.28. The number of carbonyl (C=O) groups excluding carboxylic acids is 1. The largest absolute Gasteiger partial charge is 0.497 e. The highest BCUT2D eigenvalue weighted by atomic mass is 32.1. The van der Waals surface area contributed by atoms with Crippen LogP contribution in [0.15, 0.2) is 29.6 Å². The van der Waals surface area contributed by atoms with Gasteiger partial charge >= 0.3 is 6.03 Å². The van der Waals surface area contributed by atoms with Gasteiger partial charge in [-0.2, -0.15) is 0 Å². The Morgan fingerprint density at radius 3 is 2.75 bits per heavy atom. The number of amides is 2. The molecule has 128 valence electrons. The predicted octanol–water partition coefficient (Wildman–Crippen LogP) is 3.12. The molecule has 2 N–H and O–H groups in total. The third-order valence-electron chi connectivity index (χ3n) is 3.93. The smallest absolute Gasteiger partial charge is 0.319 e. The van der Waals surface area contributed by atoms with E-state index in [1.165, 1.54) is 12.8 Å².